The zero-order valence-electron chi connectivity index (χ0n) is 15.4. The van der Waals surface area contributed by atoms with Crippen molar-refractivity contribution in [2.75, 3.05) is 17.7 Å². The van der Waals surface area contributed by atoms with E-state index in [1.54, 1.807) is 24.3 Å². The molecule has 3 N–H and O–H groups in total. The SMILES string of the molecule is Nc1ccc(C(=O)OC2CCCCC2)cc1OCC(=O)Nc1ccc(Br)cc1. The van der Waals surface area contributed by atoms with Crippen molar-refractivity contribution >= 4 is 39.2 Å². The molecule has 0 radical (unpaired) electrons. The molecule has 148 valence electrons. The van der Waals surface area contributed by atoms with Crippen molar-refractivity contribution in [1.82, 2.24) is 0 Å². The van der Waals surface area contributed by atoms with Crippen molar-refractivity contribution in [3.8, 4) is 5.75 Å². The summed E-state index contributed by atoms with van der Waals surface area (Å²) >= 11 is 3.34. The number of esters is 1. The van der Waals surface area contributed by atoms with Gasteiger partial charge in [0.15, 0.2) is 6.61 Å². The lowest BCUT2D eigenvalue weighted by Crippen LogP contribution is -2.22. The number of anilines is 2. The van der Waals surface area contributed by atoms with Crippen LogP contribution in [0.4, 0.5) is 11.4 Å². The van der Waals surface area contributed by atoms with E-state index in [0.29, 0.717) is 16.9 Å². The molecule has 1 amide bonds. The predicted octanol–water partition coefficient (Wildman–Crippen LogP) is 4.54. The fraction of sp³-hybridized carbons (Fsp3) is 0.333. The van der Waals surface area contributed by atoms with E-state index < -0.39 is 5.97 Å². The molecule has 0 spiro atoms. The minimum atomic E-state index is -0.393. The summed E-state index contributed by atoms with van der Waals surface area (Å²) in [6.07, 6.45) is 5.14. The summed E-state index contributed by atoms with van der Waals surface area (Å²) in [5.41, 5.74) is 7.29. The number of rotatable bonds is 6. The Balaban J connectivity index is 1.57. The third kappa shape index (κ3) is 5.73. The number of carbonyl (C=O) groups excluding carboxylic acids is 2. The van der Waals surface area contributed by atoms with Crippen LogP contribution in [0.25, 0.3) is 0 Å². The van der Waals surface area contributed by atoms with Gasteiger partial charge in [-0.25, -0.2) is 4.79 Å². The third-order valence-electron chi connectivity index (χ3n) is 4.56. The number of benzene rings is 2. The van der Waals surface area contributed by atoms with E-state index in [4.69, 9.17) is 15.2 Å². The molecule has 0 aliphatic heterocycles. The molecule has 1 fully saturated rings. The Morgan fingerprint density at radius 3 is 2.50 bits per heavy atom. The standard InChI is InChI=1S/C21H23BrN2O4/c22-15-7-9-16(10-8-15)24-20(25)13-27-19-12-14(6-11-18(19)23)21(26)28-17-4-2-1-3-5-17/h6-12,17H,1-5,13,23H2,(H,24,25). The quantitative estimate of drug-likeness (QED) is 0.501. The molecule has 0 heterocycles. The van der Waals surface area contributed by atoms with Crippen LogP contribution in [0.1, 0.15) is 42.5 Å². The molecule has 1 saturated carbocycles. The first-order chi connectivity index (χ1) is 13.5. The summed E-state index contributed by atoms with van der Waals surface area (Å²) in [4.78, 5) is 24.5. The average Bonchev–Trinajstić information content (AvgIpc) is 2.70. The molecule has 1 aliphatic carbocycles. The van der Waals surface area contributed by atoms with Crippen LogP contribution in [0.5, 0.6) is 5.75 Å². The molecule has 3 rings (SSSR count). The van der Waals surface area contributed by atoms with Crippen molar-refractivity contribution in [2.24, 2.45) is 0 Å². The molecule has 2 aromatic carbocycles. The molecule has 0 unspecified atom stereocenters. The summed E-state index contributed by atoms with van der Waals surface area (Å²) in [6.45, 7) is -0.221. The molecule has 1 aliphatic rings. The average molecular weight is 447 g/mol. The van der Waals surface area contributed by atoms with Crippen LogP contribution in [-0.2, 0) is 9.53 Å². The Labute approximate surface area is 172 Å². The molecule has 0 bridgehead atoms. The van der Waals surface area contributed by atoms with E-state index >= 15 is 0 Å². The number of nitrogens with two attached hydrogens (primary N) is 1. The largest absolute Gasteiger partial charge is 0.482 e. The topological polar surface area (TPSA) is 90.7 Å². The molecule has 2 aromatic rings. The molecule has 6 nitrogen and oxygen atoms in total. The zero-order chi connectivity index (χ0) is 19.9. The number of nitrogen functional groups attached to an aromatic ring is 1. The molecular weight excluding hydrogens is 424 g/mol. The van der Waals surface area contributed by atoms with Gasteiger partial charge in [-0.3, -0.25) is 4.79 Å². The number of carbonyl (C=O) groups is 2. The van der Waals surface area contributed by atoms with Crippen molar-refractivity contribution in [2.45, 2.75) is 38.2 Å². The summed E-state index contributed by atoms with van der Waals surface area (Å²) in [5.74, 6) is -0.433. The van der Waals surface area contributed by atoms with E-state index in [-0.39, 0.29) is 24.4 Å². The first-order valence-electron chi connectivity index (χ1n) is 9.30. The second kappa shape index (κ2) is 9.59. The van der Waals surface area contributed by atoms with Gasteiger partial charge < -0.3 is 20.5 Å². The Hall–Kier alpha value is -2.54. The van der Waals surface area contributed by atoms with Gasteiger partial charge in [0.05, 0.1) is 11.3 Å². The van der Waals surface area contributed by atoms with Crippen LogP contribution in [0.2, 0.25) is 0 Å². The van der Waals surface area contributed by atoms with Crippen LogP contribution < -0.4 is 15.8 Å². The number of amides is 1. The maximum atomic E-state index is 12.4. The van der Waals surface area contributed by atoms with Gasteiger partial charge >= 0.3 is 5.97 Å². The number of hydrogen-bond acceptors (Lipinski definition) is 5. The van der Waals surface area contributed by atoms with Gasteiger partial charge in [0.25, 0.3) is 5.91 Å². The lowest BCUT2D eigenvalue weighted by Gasteiger charge is -2.22. The fourth-order valence-electron chi connectivity index (χ4n) is 3.06. The molecule has 28 heavy (non-hydrogen) atoms. The highest BCUT2D eigenvalue weighted by molar-refractivity contribution is 9.10. The van der Waals surface area contributed by atoms with E-state index in [2.05, 4.69) is 21.2 Å². The summed E-state index contributed by atoms with van der Waals surface area (Å²) in [6, 6.07) is 11.9. The predicted molar refractivity (Wildman–Crippen MR) is 111 cm³/mol. The van der Waals surface area contributed by atoms with Crippen LogP contribution in [0, 0.1) is 0 Å². The second-order valence-electron chi connectivity index (χ2n) is 6.76. The highest BCUT2D eigenvalue weighted by atomic mass is 79.9. The monoisotopic (exact) mass is 446 g/mol. The van der Waals surface area contributed by atoms with Crippen molar-refractivity contribution in [3.05, 3.63) is 52.5 Å². The van der Waals surface area contributed by atoms with Gasteiger partial charge in [-0.05, 0) is 68.1 Å². The van der Waals surface area contributed by atoms with E-state index in [1.807, 2.05) is 12.1 Å². The van der Waals surface area contributed by atoms with Gasteiger partial charge in [-0.1, -0.05) is 22.4 Å². The second-order valence-corrected chi connectivity index (χ2v) is 7.68. The van der Waals surface area contributed by atoms with Gasteiger partial charge in [-0.2, -0.15) is 0 Å². The van der Waals surface area contributed by atoms with Gasteiger partial charge in [0, 0.05) is 10.2 Å². The van der Waals surface area contributed by atoms with Crippen molar-refractivity contribution in [3.63, 3.8) is 0 Å². The first kappa shape index (κ1) is 20.2. The molecule has 0 aromatic heterocycles. The Morgan fingerprint density at radius 2 is 1.79 bits per heavy atom. The van der Waals surface area contributed by atoms with E-state index in [0.717, 1.165) is 30.2 Å². The molecule has 0 saturated heterocycles. The molecule has 7 heteroatoms. The first-order valence-corrected chi connectivity index (χ1v) is 10.1. The Bertz CT molecular complexity index is 833. The van der Waals surface area contributed by atoms with Crippen molar-refractivity contribution < 1.29 is 19.1 Å². The number of ether oxygens (including phenoxy) is 2. The maximum Gasteiger partial charge on any atom is 0.338 e. The summed E-state index contributed by atoms with van der Waals surface area (Å²) in [7, 11) is 0. The minimum absolute atomic E-state index is 0.0279. The van der Waals surface area contributed by atoms with E-state index in [1.165, 1.54) is 12.5 Å². The summed E-state index contributed by atoms with van der Waals surface area (Å²) in [5, 5.41) is 2.73. The normalized spacial score (nSPS) is 14.3. The summed E-state index contributed by atoms with van der Waals surface area (Å²) < 4.78 is 12.0. The van der Waals surface area contributed by atoms with Crippen LogP contribution >= 0.6 is 15.9 Å². The van der Waals surface area contributed by atoms with Gasteiger partial charge in [0.1, 0.15) is 11.9 Å². The Kier molecular flexibility index (Phi) is 6.92. The fourth-order valence-corrected chi connectivity index (χ4v) is 3.33. The van der Waals surface area contributed by atoms with Gasteiger partial charge in [0.2, 0.25) is 0 Å². The van der Waals surface area contributed by atoms with E-state index in [9.17, 15) is 9.59 Å². The van der Waals surface area contributed by atoms with Crippen molar-refractivity contribution in [1.29, 1.82) is 0 Å². The lowest BCUT2D eigenvalue weighted by molar-refractivity contribution is -0.118. The molecule has 0 atom stereocenters. The van der Waals surface area contributed by atoms with Crippen LogP contribution in [0.15, 0.2) is 46.9 Å². The number of hydrogen-bond donors (Lipinski definition) is 2. The van der Waals surface area contributed by atoms with Crippen LogP contribution in [-0.4, -0.2) is 24.6 Å². The smallest absolute Gasteiger partial charge is 0.338 e. The Morgan fingerprint density at radius 1 is 1.07 bits per heavy atom. The van der Waals surface area contributed by atoms with Crippen LogP contribution in [0.3, 0.4) is 0 Å². The number of nitrogens with one attached hydrogen (secondary N) is 1. The molecular formula is C21H23BrN2O4. The third-order valence-corrected chi connectivity index (χ3v) is 5.09. The number of halogens is 1. The highest BCUT2D eigenvalue weighted by Crippen LogP contribution is 2.25. The maximum absolute atomic E-state index is 12.4. The zero-order valence-corrected chi connectivity index (χ0v) is 17.0. The lowest BCUT2D eigenvalue weighted by atomic mass is 9.98. The minimum Gasteiger partial charge on any atom is -0.482 e. The van der Waals surface area contributed by atoms with Gasteiger partial charge in [-0.15, -0.1) is 0 Å². The highest BCUT2D eigenvalue weighted by Gasteiger charge is 2.19.